The molecule has 9 heteroatoms. The average molecular weight is 432 g/mol. The number of aryl methyl sites for hydroxylation is 1. The molecule has 1 aromatic heterocycles. The number of nitrogens with zero attached hydrogens (tertiary/aromatic N) is 2. The fraction of sp³-hybridized carbons (Fsp3) is 0.111. The number of carboxylic acids is 1. The van der Waals surface area contributed by atoms with Crippen LogP contribution in [0.1, 0.15) is 15.9 Å². The molecule has 0 atom stereocenters. The number of hydrogen-bond acceptors (Lipinski definition) is 5. The Morgan fingerprint density at radius 2 is 2.00 bits per heavy atom. The summed E-state index contributed by atoms with van der Waals surface area (Å²) in [5.74, 6) is -1.53. The van der Waals surface area contributed by atoms with Gasteiger partial charge in [0.1, 0.15) is 5.75 Å². The zero-order valence-corrected chi connectivity index (χ0v) is 15.6. The molecule has 8 nitrogen and oxygen atoms in total. The van der Waals surface area contributed by atoms with Gasteiger partial charge in [0.25, 0.3) is 0 Å². The van der Waals surface area contributed by atoms with Crippen molar-refractivity contribution in [2.24, 2.45) is 10.2 Å². The van der Waals surface area contributed by atoms with Gasteiger partial charge in [-0.2, -0.15) is 0 Å². The molecule has 0 aliphatic carbocycles. The number of carbonyl (C=O) groups excluding carboxylic acids is 1. The summed E-state index contributed by atoms with van der Waals surface area (Å²) < 4.78 is 6.11. The van der Waals surface area contributed by atoms with Gasteiger partial charge in [-0.15, -0.1) is 10.2 Å². The molecule has 2 aromatic carbocycles. The number of halogens is 1. The van der Waals surface area contributed by atoms with Crippen LogP contribution in [0.4, 0.5) is 5.69 Å². The van der Waals surface area contributed by atoms with Gasteiger partial charge in [0.15, 0.2) is 12.3 Å². The zero-order valence-electron chi connectivity index (χ0n) is 14.1. The monoisotopic (exact) mass is 431 g/mol. The van der Waals surface area contributed by atoms with Gasteiger partial charge in [-0.3, -0.25) is 4.79 Å². The first-order valence-electron chi connectivity index (χ1n) is 7.76. The SMILES string of the molecule is Cc1cc(OCC(=O)N=Nc2c(O)[nH]c3ccc(Br)cc23)ccc1C(=O)O. The molecule has 0 unspecified atom stereocenters. The van der Waals surface area contributed by atoms with E-state index >= 15 is 0 Å². The van der Waals surface area contributed by atoms with E-state index in [1.807, 2.05) is 0 Å². The Balaban J connectivity index is 1.69. The van der Waals surface area contributed by atoms with Gasteiger partial charge in [0, 0.05) is 9.86 Å². The van der Waals surface area contributed by atoms with E-state index in [1.165, 1.54) is 18.2 Å². The Kier molecular flexibility index (Phi) is 5.22. The summed E-state index contributed by atoms with van der Waals surface area (Å²) in [6, 6.07) is 9.69. The quantitative estimate of drug-likeness (QED) is 0.518. The number of carbonyl (C=O) groups is 2. The highest BCUT2D eigenvalue weighted by molar-refractivity contribution is 9.10. The highest BCUT2D eigenvalue weighted by atomic mass is 79.9. The molecule has 0 aliphatic heterocycles. The second-order valence-electron chi connectivity index (χ2n) is 5.68. The molecule has 3 rings (SSSR count). The highest BCUT2D eigenvalue weighted by Gasteiger charge is 2.12. The molecule has 0 aliphatic rings. The number of carboxylic acid groups (broad SMARTS) is 1. The van der Waals surface area contributed by atoms with Crippen molar-refractivity contribution in [1.29, 1.82) is 0 Å². The molecule has 0 spiro atoms. The highest BCUT2D eigenvalue weighted by Crippen LogP contribution is 2.36. The third-order valence-corrected chi connectivity index (χ3v) is 4.26. The number of aromatic nitrogens is 1. The second kappa shape index (κ2) is 7.58. The number of hydrogen-bond donors (Lipinski definition) is 3. The zero-order chi connectivity index (χ0) is 19.6. The van der Waals surface area contributed by atoms with Crippen LogP contribution in [-0.2, 0) is 4.79 Å². The first-order valence-corrected chi connectivity index (χ1v) is 8.56. The van der Waals surface area contributed by atoms with Crippen LogP contribution >= 0.6 is 15.9 Å². The number of fused-ring (bicyclic) bond motifs is 1. The number of aromatic amines is 1. The van der Waals surface area contributed by atoms with Crippen LogP contribution in [0.5, 0.6) is 11.6 Å². The van der Waals surface area contributed by atoms with Crippen LogP contribution in [0.15, 0.2) is 51.1 Å². The summed E-state index contributed by atoms with van der Waals surface area (Å²) in [6.45, 7) is 1.26. The van der Waals surface area contributed by atoms with Gasteiger partial charge < -0.3 is 19.9 Å². The molecule has 3 N–H and O–H groups in total. The van der Waals surface area contributed by atoms with Crippen molar-refractivity contribution in [2.45, 2.75) is 6.92 Å². The molecule has 27 heavy (non-hydrogen) atoms. The summed E-state index contributed by atoms with van der Waals surface area (Å²) in [4.78, 5) is 25.6. The summed E-state index contributed by atoms with van der Waals surface area (Å²) in [7, 11) is 0. The van der Waals surface area contributed by atoms with Crippen molar-refractivity contribution in [3.05, 3.63) is 52.0 Å². The first kappa shape index (κ1) is 18.6. The van der Waals surface area contributed by atoms with Crippen LogP contribution in [0.3, 0.4) is 0 Å². The minimum Gasteiger partial charge on any atom is -0.493 e. The maximum atomic E-state index is 11.9. The summed E-state index contributed by atoms with van der Waals surface area (Å²) >= 11 is 3.33. The van der Waals surface area contributed by atoms with Crippen molar-refractivity contribution in [2.75, 3.05) is 6.61 Å². The van der Waals surface area contributed by atoms with Crippen molar-refractivity contribution >= 4 is 44.4 Å². The number of aromatic hydroxyl groups is 1. The van der Waals surface area contributed by atoms with E-state index in [4.69, 9.17) is 9.84 Å². The van der Waals surface area contributed by atoms with Crippen molar-refractivity contribution in [3.8, 4) is 11.6 Å². The van der Waals surface area contributed by atoms with Crippen molar-refractivity contribution in [3.63, 3.8) is 0 Å². The van der Waals surface area contributed by atoms with Crippen LogP contribution in [-0.4, -0.2) is 33.7 Å². The molecule has 0 bridgehead atoms. The standard InChI is InChI=1S/C18H14BrN3O5/c1-9-6-11(3-4-12(9)18(25)26)27-8-15(23)21-22-16-13-7-10(19)2-5-14(13)20-17(16)24/h2-7,20,24H,8H2,1H3,(H,25,26). The molecular formula is C18H14BrN3O5. The van der Waals surface area contributed by atoms with Gasteiger partial charge in [-0.05, 0) is 48.9 Å². The summed E-state index contributed by atoms with van der Waals surface area (Å²) in [5, 5.41) is 26.9. The normalized spacial score (nSPS) is 11.2. The first-order chi connectivity index (χ1) is 12.8. The number of benzene rings is 2. The van der Waals surface area contributed by atoms with Gasteiger partial charge in [0.2, 0.25) is 5.88 Å². The Labute approximate surface area is 161 Å². The maximum Gasteiger partial charge on any atom is 0.335 e. The third-order valence-electron chi connectivity index (χ3n) is 3.77. The molecule has 3 aromatic rings. The fourth-order valence-electron chi connectivity index (χ4n) is 2.48. The van der Waals surface area contributed by atoms with Gasteiger partial charge in [0.05, 0.1) is 11.1 Å². The van der Waals surface area contributed by atoms with E-state index in [0.29, 0.717) is 22.2 Å². The molecule has 1 amide bonds. The van der Waals surface area contributed by atoms with Crippen LogP contribution in [0.2, 0.25) is 0 Å². The number of nitrogens with one attached hydrogen (secondary N) is 1. The number of H-pyrrole nitrogens is 1. The van der Waals surface area contributed by atoms with Gasteiger partial charge >= 0.3 is 11.9 Å². The lowest BCUT2D eigenvalue weighted by atomic mass is 10.1. The van der Waals surface area contributed by atoms with Crippen molar-refractivity contribution < 1.29 is 24.5 Å². The van der Waals surface area contributed by atoms with E-state index in [0.717, 1.165) is 4.47 Å². The average Bonchev–Trinajstić information content (AvgIpc) is 2.92. The smallest absolute Gasteiger partial charge is 0.335 e. The molecule has 0 fully saturated rings. The van der Waals surface area contributed by atoms with E-state index < -0.39 is 11.9 Å². The minimum atomic E-state index is -1.03. The number of azo groups is 1. The molecule has 0 saturated carbocycles. The summed E-state index contributed by atoms with van der Waals surface area (Å²) in [5.41, 5.74) is 1.49. The van der Waals surface area contributed by atoms with Crippen molar-refractivity contribution in [1.82, 2.24) is 4.98 Å². The largest absolute Gasteiger partial charge is 0.493 e. The van der Waals surface area contributed by atoms with Gasteiger partial charge in [-0.25, -0.2) is 4.79 Å². The van der Waals surface area contributed by atoms with Crippen LogP contribution in [0, 0.1) is 6.92 Å². The van der Waals surface area contributed by atoms with E-state index in [9.17, 15) is 14.7 Å². The van der Waals surface area contributed by atoms with Crippen LogP contribution in [0.25, 0.3) is 10.9 Å². The number of ether oxygens (including phenoxy) is 1. The second-order valence-corrected chi connectivity index (χ2v) is 6.59. The van der Waals surface area contributed by atoms with Crippen LogP contribution < -0.4 is 4.74 Å². The molecule has 138 valence electrons. The topological polar surface area (TPSA) is 124 Å². The Hall–Kier alpha value is -3.20. The summed E-state index contributed by atoms with van der Waals surface area (Å²) in [6.07, 6.45) is 0. The predicted molar refractivity (Wildman–Crippen MR) is 101 cm³/mol. The Morgan fingerprint density at radius 3 is 2.70 bits per heavy atom. The predicted octanol–water partition coefficient (Wildman–Crippen LogP) is 4.33. The molecule has 1 heterocycles. The molecule has 0 saturated heterocycles. The molecule has 0 radical (unpaired) electrons. The molecular weight excluding hydrogens is 418 g/mol. The Bertz CT molecular complexity index is 1070. The fourth-order valence-corrected chi connectivity index (χ4v) is 2.84. The Morgan fingerprint density at radius 1 is 1.22 bits per heavy atom. The van der Waals surface area contributed by atoms with Gasteiger partial charge in [-0.1, -0.05) is 15.9 Å². The number of rotatable bonds is 5. The number of amides is 1. The lowest BCUT2D eigenvalue weighted by molar-refractivity contribution is -0.120. The number of aromatic carboxylic acids is 1. The minimum absolute atomic E-state index is 0.154. The lowest BCUT2D eigenvalue weighted by Gasteiger charge is -2.06. The third kappa shape index (κ3) is 4.14. The van der Waals surface area contributed by atoms with E-state index in [-0.39, 0.29) is 23.7 Å². The lowest BCUT2D eigenvalue weighted by Crippen LogP contribution is -2.08. The maximum absolute atomic E-state index is 11.9. The van der Waals surface area contributed by atoms with E-state index in [2.05, 4.69) is 31.1 Å². The van der Waals surface area contributed by atoms with E-state index in [1.54, 1.807) is 25.1 Å².